The molecule has 1 saturated heterocycles. The zero-order chi connectivity index (χ0) is 13.6. The zero-order valence-corrected chi connectivity index (χ0v) is 11.6. The predicted octanol–water partition coefficient (Wildman–Crippen LogP) is 4.14. The van der Waals surface area contributed by atoms with Gasteiger partial charge >= 0.3 is 0 Å². The fraction of sp³-hybridized carbons (Fsp3) is 0.600. The third kappa shape index (κ3) is 2.65. The van der Waals surface area contributed by atoms with Gasteiger partial charge in [0.15, 0.2) is 0 Å². The van der Waals surface area contributed by atoms with Crippen molar-refractivity contribution >= 4 is 5.69 Å². The van der Waals surface area contributed by atoms with Crippen LogP contribution in [0.5, 0.6) is 0 Å². The molecule has 1 heterocycles. The van der Waals surface area contributed by atoms with Gasteiger partial charge in [0.2, 0.25) is 0 Å². The summed E-state index contributed by atoms with van der Waals surface area (Å²) in [4.78, 5) is 1.78. The van der Waals surface area contributed by atoms with Crippen LogP contribution >= 0.6 is 0 Å². The van der Waals surface area contributed by atoms with Crippen LogP contribution in [-0.4, -0.2) is 19.0 Å². The molecule has 0 atom stereocenters. The topological polar surface area (TPSA) is 3.24 Å². The van der Waals surface area contributed by atoms with Crippen molar-refractivity contribution in [3.05, 3.63) is 29.3 Å². The molecule has 2 rings (SSSR count). The van der Waals surface area contributed by atoms with Gasteiger partial charge in [-0.1, -0.05) is 26.8 Å². The highest BCUT2D eigenvalue weighted by Crippen LogP contribution is 2.33. The van der Waals surface area contributed by atoms with E-state index in [-0.39, 0.29) is 18.4 Å². The van der Waals surface area contributed by atoms with Crippen LogP contribution < -0.4 is 4.90 Å². The van der Waals surface area contributed by atoms with Gasteiger partial charge in [0.05, 0.1) is 6.54 Å². The highest BCUT2D eigenvalue weighted by atomic mass is 19.3. The first kappa shape index (κ1) is 13.3. The molecule has 0 amide bonds. The lowest BCUT2D eigenvalue weighted by atomic mass is 9.84. The van der Waals surface area contributed by atoms with Crippen molar-refractivity contribution < 1.29 is 8.78 Å². The van der Waals surface area contributed by atoms with Gasteiger partial charge in [0.25, 0.3) is 5.92 Å². The van der Waals surface area contributed by atoms with E-state index in [4.69, 9.17) is 0 Å². The summed E-state index contributed by atoms with van der Waals surface area (Å²) in [6, 6.07) is 6.07. The lowest BCUT2D eigenvalue weighted by molar-refractivity contribution is 0.0257. The molecule has 0 saturated carbocycles. The molecule has 100 valence electrons. The molecule has 0 unspecified atom stereocenters. The summed E-state index contributed by atoms with van der Waals surface area (Å²) in [6.45, 7) is 8.85. The second kappa shape index (κ2) is 4.22. The molecule has 1 aliphatic heterocycles. The van der Waals surface area contributed by atoms with Crippen LogP contribution in [0.1, 0.15) is 38.3 Å². The summed E-state index contributed by atoms with van der Waals surface area (Å²) in [5.41, 5.74) is 3.46. The van der Waals surface area contributed by atoms with Crippen LogP contribution in [-0.2, 0) is 5.41 Å². The number of nitrogens with zero attached hydrogens (tertiary/aromatic N) is 1. The fourth-order valence-electron chi connectivity index (χ4n) is 2.64. The number of rotatable bonds is 1. The molecule has 0 aliphatic carbocycles. The molecule has 1 nitrogen and oxygen atoms in total. The van der Waals surface area contributed by atoms with E-state index in [1.165, 1.54) is 11.1 Å². The largest absolute Gasteiger partial charge is 0.365 e. The number of benzene rings is 1. The molecule has 1 aromatic rings. The van der Waals surface area contributed by atoms with E-state index in [9.17, 15) is 8.78 Å². The normalized spacial score (nSPS) is 19.3. The summed E-state index contributed by atoms with van der Waals surface area (Å²) in [5, 5.41) is 0. The van der Waals surface area contributed by atoms with Gasteiger partial charge in [-0.2, -0.15) is 0 Å². The van der Waals surface area contributed by atoms with Crippen molar-refractivity contribution in [2.75, 3.05) is 18.0 Å². The molecule has 1 aromatic carbocycles. The number of hydrogen-bond donors (Lipinski definition) is 0. The van der Waals surface area contributed by atoms with Gasteiger partial charge in [0, 0.05) is 18.7 Å². The van der Waals surface area contributed by atoms with Crippen molar-refractivity contribution in [2.24, 2.45) is 0 Å². The maximum atomic E-state index is 13.2. The molecule has 1 fully saturated rings. The SMILES string of the molecule is Cc1cc(N2CCC(F)(F)C2)ccc1C(C)(C)C. The molecule has 0 bridgehead atoms. The second-order valence-corrected chi connectivity index (χ2v) is 6.28. The van der Waals surface area contributed by atoms with Crippen LogP contribution in [0.3, 0.4) is 0 Å². The Hall–Kier alpha value is -1.12. The quantitative estimate of drug-likeness (QED) is 0.727. The Labute approximate surface area is 108 Å². The van der Waals surface area contributed by atoms with Crippen molar-refractivity contribution in [3.63, 3.8) is 0 Å². The van der Waals surface area contributed by atoms with E-state index in [0.717, 1.165) is 5.69 Å². The number of anilines is 1. The maximum Gasteiger partial charge on any atom is 0.266 e. The predicted molar refractivity (Wildman–Crippen MR) is 71.7 cm³/mol. The van der Waals surface area contributed by atoms with Gasteiger partial charge in [0.1, 0.15) is 0 Å². The van der Waals surface area contributed by atoms with Gasteiger partial charge in [-0.15, -0.1) is 0 Å². The standard InChI is InChI=1S/C15H21F2N/c1-11-9-12(5-6-13(11)14(2,3)4)18-8-7-15(16,17)10-18/h5-6,9H,7-8,10H2,1-4H3. The number of alkyl halides is 2. The number of aryl methyl sites for hydroxylation is 1. The van der Waals surface area contributed by atoms with E-state index in [0.29, 0.717) is 6.54 Å². The fourth-order valence-corrected chi connectivity index (χ4v) is 2.64. The van der Waals surface area contributed by atoms with E-state index >= 15 is 0 Å². The van der Waals surface area contributed by atoms with E-state index in [1.54, 1.807) is 4.90 Å². The maximum absolute atomic E-state index is 13.2. The van der Waals surface area contributed by atoms with Crippen molar-refractivity contribution in [1.29, 1.82) is 0 Å². The molecule has 0 N–H and O–H groups in total. The molecule has 0 spiro atoms. The third-order valence-electron chi connectivity index (χ3n) is 3.55. The Morgan fingerprint density at radius 2 is 1.89 bits per heavy atom. The van der Waals surface area contributed by atoms with Crippen LogP contribution in [0.15, 0.2) is 18.2 Å². The summed E-state index contributed by atoms with van der Waals surface area (Å²) >= 11 is 0. The van der Waals surface area contributed by atoms with Crippen LogP contribution in [0.4, 0.5) is 14.5 Å². The second-order valence-electron chi connectivity index (χ2n) is 6.28. The Morgan fingerprint density at radius 1 is 1.22 bits per heavy atom. The average molecular weight is 253 g/mol. The Bertz CT molecular complexity index is 446. The molecular formula is C15H21F2N. The van der Waals surface area contributed by atoms with Gasteiger partial charge in [-0.05, 0) is 35.6 Å². The Balaban J connectivity index is 2.25. The third-order valence-corrected chi connectivity index (χ3v) is 3.55. The first-order valence-electron chi connectivity index (χ1n) is 6.43. The van der Waals surface area contributed by atoms with Crippen molar-refractivity contribution in [3.8, 4) is 0 Å². The molecule has 0 aromatic heterocycles. The Kier molecular flexibility index (Phi) is 3.12. The summed E-state index contributed by atoms with van der Waals surface area (Å²) in [7, 11) is 0. The monoisotopic (exact) mass is 253 g/mol. The van der Waals surface area contributed by atoms with Gasteiger partial charge < -0.3 is 4.90 Å². The van der Waals surface area contributed by atoms with Crippen molar-refractivity contribution in [2.45, 2.75) is 45.5 Å². The zero-order valence-electron chi connectivity index (χ0n) is 11.6. The first-order chi connectivity index (χ1) is 8.19. The minimum absolute atomic E-state index is 0.0347. The van der Waals surface area contributed by atoms with Crippen LogP contribution in [0, 0.1) is 6.92 Å². The van der Waals surface area contributed by atoms with E-state index < -0.39 is 5.92 Å². The summed E-state index contributed by atoms with van der Waals surface area (Å²) in [5.74, 6) is -2.53. The molecule has 18 heavy (non-hydrogen) atoms. The summed E-state index contributed by atoms with van der Waals surface area (Å²) < 4.78 is 26.4. The highest BCUT2D eigenvalue weighted by molar-refractivity contribution is 5.53. The lowest BCUT2D eigenvalue weighted by Gasteiger charge is -2.25. The van der Waals surface area contributed by atoms with E-state index in [1.807, 2.05) is 12.1 Å². The molecular weight excluding hydrogens is 232 g/mol. The first-order valence-corrected chi connectivity index (χ1v) is 6.43. The number of halogens is 2. The highest BCUT2D eigenvalue weighted by Gasteiger charge is 2.38. The minimum Gasteiger partial charge on any atom is -0.365 e. The van der Waals surface area contributed by atoms with Gasteiger partial charge in [-0.25, -0.2) is 8.78 Å². The Morgan fingerprint density at radius 3 is 2.33 bits per heavy atom. The summed E-state index contributed by atoms with van der Waals surface area (Å²) in [6.07, 6.45) is -0.0347. The minimum atomic E-state index is -2.53. The van der Waals surface area contributed by atoms with Gasteiger partial charge in [-0.3, -0.25) is 0 Å². The van der Waals surface area contributed by atoms with Crippen molar-refractivity contribution in [1.82, 2.24) is 0 Å². The molecule has 3 heteroatoms. The number of hydrogen-bond acceptors (Lipinski definition) is 1. The smallest absolute Gasteiger partial charge is 0.266 e. The van der Waals surface area contributed by atoms with Crippen LogP contribution in [0.2, 0.25) is 0 Å². The van der Waals surface area contributed by atoms with Crippen LogP contribution in [0.25, 0.3) is 0 Å². The molecule has 1 aliphatic rings. The lowest BCUT2D eigenvalue weighted by Crippen LogP contribution is -2.25. The van der Waals surface area contributed by atoms with E-state index in [2.05, 4.69) is 33.8 Å². The molecule has 0 radical (unpaired) electrons. The average Bonchev–Trinajstić information content (AvgIpc) is 2.56.